The lowest BCUT2D eigenvalue weighted by Crippen LogP contribution is -2.41. The van der Waals surface area contributed by atoms with E-state index in [1.165, 1.54) is 0 Å². The molecule has 1 amide bonds. The zero-order chi connectivity index (χ0) is 17.8. The number of carbonyl (C=O) groups excluding carboxylic acids is 1. The Kier molecular flexibility index (Phi) is 6.45. The lowest BCUT2D eigenvalue weighted by Gasteiger charge is -2.24. The van der Waals surface area contributed by atoms with Gasteiger partial charge < -0.3 is 14.6 Å². The van der Waals surface area contributed by atoms with E-state index in [9.17, 15) is 4.79 Å². The van der Waals surface area contributed by atoms with Gasteiger partial charge in [-0.3, -0.25) is 0 Å². The standard InChI is InChI=1S/C17H32N2O3Si/c1-12(2)9-13(18-16(20)21-17(3,4)5)10-14-11-15(22-19-14)23(6,7)8/h11-13H,9-10H2,1-8H3,(H,18,20)/t13-/m0/s1. The van der Waals surface area contributed by atoms with Crippen LogP contribution in [0.2, 0.25) is 19.6 Å². The van der Waals surface area contributed by atoms with Crippen LogP contribution in [0, 0.1) is 5.92 Å². The SMILES string of the molecule is CC(C)C[C@@H](Cc1cc([Si](C)(C)C)on1)NC(=O)OC(C)(C)C. The van der Waals surface area contributed by atoms with Gasteiger partial charge in [-0.1, -0.05) is 38.6 Å². The van der Waals surface area contributed by atoms with Gasteiger partial charge in [-0.05, 0) is 39.2 Å². The molecule has 1 heterocycles. The Morgan fingerprint density at radius 1 is 1.35 bits per heavy atom. The number of rotatable bonds is 6. The molecule has 0 saturated heterocycles. The highest BCUT2D eigenvalue weighted by Crippen LogP contribution is 2.13. The Balaban J connectivity index is 2.75. The van der Waals surface area contributed by atoms with Gasteiger partial charge in [-0.25, -0.2) is 4.79 Å². The molecular weight excluding hydrogens is 308 g/mol. The Hall–Kier alpha value is -1.30. The first kappa shape index (κ1) is 19.7. The average molecular weight is 341 g/mol. The highest BCUT2D eigenvalue weighted by atomic mass is 28.3. The molecule has 0 radical (unpaired) electrons. The van der Waals surface area contributed by atoms with Crippen molar-refractivity contribution in [2.45, 2.75) is 78.7 Å². The Morgan fingerprint density at radius 2 is 1.96 bits per heavy atom. The highest BCUT2D eigenvalue weighted by molar-refractivity contribution is 6.87. The molecule has 0 unspecified atom stereocenters. The van der Waals surface area contributed by atoms with Gasteiger partial charge in [-0.2, -0.15) is 0 Å². The van der Waals surface area contributed by atoms with E-state index < -0.39 is 13.7 Å². The second-order valence-electron chi connectivity index (χ2n) is 8.61. The summed E-state index contributed by atoms with van der Waals surface area (Å²) in [5.74, 6) is 0.471. The van der Waals surface area contributed by atoms with Gasteiger partial charge >= 0.3 is 6.09 Å². The lowest BCUT2D eigenvalue weighted by atomic mass is 10.00. The number of aromatic nitrogens is 1. The molecule has 0 spiro atoms. The zero-order valence-corrected chi connectivity index (χ0v) is 16.8. The molecule has 1 atom stereocenters. The predicted octanol–water partition coefficient (Wildman–Crippen LogP) is 3.70. The minimum atomic E-state index is -1.50. The van der Waals surface area contributed by atoms with Gasteiger partial charge in [0.05, 0.1) is 5.69 Å². The fourth-order valence-corrected chi connectivity index (χ4v) is 3.17. The molecule has 0 aliphatic carbocycles. The third-order valence-electron chi connectivity index (χ3n) is 3.23. The molecule has 1 N–H and O–H groups in total. The molecule has 0 aliphatic heterocycles. The summed E-state index contributed by atoms with van der Waals surface area (Å²) in [6.07, 6.45) is 1.15. The van der Waals surface area contributed by atoms with Crippen LogP contribution >= 0.6 is 0 Å². The summed E-state index contributed by atoms with van der Waals surface area (Å²) in [5, 5.41) is 8.14. The first-order valence-corrected chi connectivity index (χ1v) is 11.8. The number of hydrogen-bond acceptors (Lipinski definition) is 4. The monoisotopic (exact) mass is 340 g/mol. The smallest absolute Gasteiger partial charge is 0.407 e. The average Bonchev–Trinajstić information content (AvgIpc) is 2.72. The minimum absolute atomic E-state index is 0.00978. The summed E-state index contributed by atoms with van der Waals surface area (Å²) >= 11 is 0. The Morgan fingerprint density at radius 3 is 2.39 bits per heavy atom. The third-order valence-corrected chi connectivity index (χ3v) is 4.94. The Bertz CT molecular complexity index is 513. The first-order chi connectivity index (χ1) is 10.4. The number of nitrogens with zero attached hydrogens (tertiary/aromatic N) is 1. The molecule has 23 heavy (non-hydrogen) atoms. The van der Waals surface area contributed by atoms with Crippen molar-refractivity contribution >= 4 is 19.6 Å². The number of ether oxygens (including phenoxy) is 1. The summed E-state index contributed by atoms with van der Waals surface area (Å²) in [6.45, 7) is 16.5. The van der Waals surface area contributed by atoms with Crippen molar-refractivity contribution in [1.29, 1.82) is 0 Å². The van der Waals surface area contributed by atoms with Gasteiger partial charge in [0.15, 0.2) is 0 Å². The van der Waals surface area contributed by atoms with Crippen molar-refractivity contribution in [1.82, 2.24) is 10.5 Å². The number of nitrogens with one attached hydrogen (secondary N) is 1. The van der Waals surface area contributed by atoms with Gasteiger partial charge in [0, 0.05) is 12.5 Å². The van der Waals surface area contributed by atoms with E-state index in [-0.39, 0.29) is 12.1 Å². The number of alkyl carbamates (subject to hydrolysis) is 1. The van der Waals surface area contributed by atoms with Crippen molar-refractivity contribution in [2.24, 2.45) is 5.92 Å². The van der Waals surface area contributed by atoms with E-state index in [0.29, 0.717) is 12.3 Å². The molecule has 132 valence electrons. The third kappa shape index (κ3) is 7.68. The van der Waals surface area contributed by atoms with Crippen molar-refractivity contribution < 1.29 is 14.1 Å². The maximum Gasteiger partial charge on any atom is 0.407 e. The van der Waals surface area contributed by atoms with E-state index in [0.717, 1.165) is 17.5 Å². The van der Waals surface area contributed by atoms with Crippen molar-refractivity contribution in [2.75, 3.05) is 0 Å². The predicted molar refractivity (Wildman–Crippen MR) is 95.8 cm³/mol. The molecular formula is C17H32N2O3Si. The molecule has 0 saturated carbocycles. The molecule has 1 aromatic rings. The van der Waals surface area contributed by atoms with E-state index in [4.69, 9.17) is 9.26 Å². The Labute approximate surface area is 141 Å². The maximum absolute atomic E-state index is 12.0. The second kappa shape index (κ2) is 7.51. The molecule has 5 nitrogen and oxygen atoms in total. The van der Waals surface area contributed by atoms with Crippen LogP contribution in [-0.2, 0) is 11.2 Å². The van der Waals surface area contributed by atoms with E-state index in [2.05, 4.69) is 44.0 Å². The fraction of sp³-hybridized carbons (Fsp3) is 0.765. The van der Waals surface area contributed by atoms with Crippen LogP contribution < -0.4 is 10.7 Å². The number of carbonyl (C=O) groups is 1. The van der Waals surface area contributed by atoms with E-state index in [1.807, 2.05) is 26.8 Å². The van der Waals surface area contributed by atoms with Crippen LogP contribution in [0.25, 0.3) is 0 Å². The van der Waals surface area contributed by atoms with E-state index in [1.54, 1.807) is 0 Å². The highest BCUT2D eigenvalue weighted by Gasteiger charge is 2.25. The zero-order valence-electron chi connectivity index (χ0n) is 15.8. The quantitative estimate of drug-likeness (QED) is 0.802. The summed E-state index contributed by atoms with van der Waals surface area (Å²) in [5.41, 5.74) is 0.398. The van der Waals surface area contributed by atoms with Crippen LogP contribution in [0.4, 0.5) is 4.79 Å². The van der Waals surface area contributed by atoms with Crippen molar-refractivity contribution in [3.8, 4) is 0 Å². The van der Waals surface area contributed by atoms with Gasteiger partial charge in [0.2, 0.25) is 0 Å². The van der Waals surface area contributed by atoms with Crippen molar-refractivity contribution in [3.63, 3.8) is 0 Å². The minimum Gasteiger partial charge on any atom is -0.444 e. The van der Waals surface area contributed by atoms with Crippen LogP contribution in [-0.4, -0.2) is 31.0 Å². The lowest BCUT2D eigenvalue weighted by molar-refractivity contribution is 0.0498. The first-order valence-electron chi connectivity index (χ1n) is 8.32. The summed E-state index contributed by atoms with van der Waals surface area (Å²) in [6, 6.07) is 2.03. The molecule has 6 heteroatoms. The second-order valence-corrected chi connectivity index (χ2v) is 13.6. The summed E-state index contributed by atoms with van der Waals surface area (Å²) in [4.78, 5) is 12.0. The van der Waals surface area contributed by atoms with Gasteiger partial charge in [0.25, 0.3) is 0 Å². The number of amides is 1. The molecule has 1 aromatic heterocycles. The molecule has 0 bridgehead atoms. The fourth-order valence-electron chi connectivity index (χ4n) is 2.25. The van der Waals surface area contributed by atoms with Crippen LogP contribution in [0.3, 0.4) is 0 Å². The molecule has 0 aliphatic rings. The van der Waals surface area contributed by atoms with Crippen LogP contribution in [0.5, 0.6) is 0 Å². The normalized spacial score (nSPS) is 14.0. The summed E-state index contributed by atoms with van der Waals surface area (Å²) in [7, 11) is -1.50. The van der Waals surface area contributed by atoms with Crippen LogP contribution in [0.1, 0.15) is 46.7 Å². The largest absolute Gasteiger partial charge is 0.444 e. The van der Waals surface area contributed by atoms with Crippen molar-refractivity contribution in [3.05, 3.63) is 11.8 Å². The molecule has 0 aromatic carbocycles. The maximum atomic E-state index is 12.0. The van der Waals surface area contributed by atoms with Gasteiger partial charge in [-0.15, -0.1) is 0 Å². The van der Waals surface area contributed by atoms with Crippen LogP contribution in [0.15, 0.2) is 10.6 Å². The number of hydrogen-bond donors (Lipinski definition) is 1. The topological polar surface area (TPSA) is 64.4 Å². The van der Waals surface area contributed by atoms with Gasteiger partial charge in [0.1, 0.15) is 19.1 Å². The van der Waals surface area contributed by atoms with E-state index >= 15 is 0 Å². The molecule has 1 rings (SSSR count). The summed E-state index contributed by atoms with van der Waals surface area (Å²) < 4.78 is 10.8. The molecule has 0 fully saturated rings.